The lowest BCUT2D eigenvalue weighted by Gasteiger charge is -2.20. The van der Waals surface area contributed by atoms with Crippen molar-refractivity contribution >= 4 is 0 Å². The topological polar surface area (TPSA) is 18.5 Å². The van der Waals surface area contributed by atoms with Crippen molar-refractivity contribution in [3.05, 3.63) is 11.6 Å². The monoisotopic (exact) mass is 228 g/mol. The van der Waals surface area contributed by atoms with Gasteiger partial charge in [-0.25, -0.2) is 0 Å². The van der Waals surface area contributed by atoms with Crippen LogP contribution < -0.4 is 0 Å². The van der Waals surface area contributed by atoms with Crippen LogP contribution >= 0.6 is 0 Å². The van der Waals surface area contributed by atoms with E-state index in [4.69, 9.17) is 9.47 Å². The van der Waals surface area contributed by atoms with Crippen LogP contribution in [0.5, 0.6) is 0 Å². The summed E-state index contributed by atoms with van der Waals surface area (Å²) >= 11 is 0. The van der Waals surface area contributed by atoms with Gasteiger partial charge in [-0.2, -0.15) is 0 Å². The van der Waals surface area contributed by atoms with Crippen LogP contribution in [0.2, 0.25) is 0 Å². The summed E-state index contributed by atoms with van der Waals surface area (Å²) in [5.74, 6) is 0.652. The lowest BCUT2D eigenvalue weighted by molar-refractivity contribution is -0.145. The van der Waals surface area contributed by atoms with Gasteiger partial charge in [-0.15, -0.1) is 0 Å². The molecular weight excluding hydrogens is 200 g/mol. The van der Waals surface area contributed by atoms with E-state index in [1.54, 1.807) is 0 Å². The van der Waals surface area contributed by atoms with E-state index >= 15 is 0 Å². The molecule has 0 spiro atoms. The van der Waals surface area contributed by atoms with Gasteiger partial charge in [-0.05, 0) is 46.5 Å². The van der Waals surface area contributed by atoms with Crippen molar-refractivity contribution < 1.29 is 9.47 Å². The molecule has 0 aromatic carbocycles. The zero-order chi connectivity index (χ0) is 12.4. The van der Waals surface area contributed by atoms with E-state index in [-0.39, 0.29) is 6.29 Å². The van der Waals surface area contributed by atoms with E-state index < -0.39 is 0 Å². The molecule has 0 aliphatic heterocycles. The Hall–Kier alpha value is -0.340. The zero-order valence-electron chi connectivity index (χ0n) is 11.6. The molecule has 0 saturated carbocycles. The molecule has 2 nitrogen and oxygen atoms in total. The van der Waals surface area contributed by atoms with E-state index in [2.05, 4.69) is 26.8 Å². The average molecular weight is 228 g/mol. The molecule has 16 heavy (non-hydrogen) atoms. The fourth-order valence-electron chi connectivity index (χ4n) is 1.66. The lowest BCUT2D eigenvalue weighted by atomic mass is 10.0. The summed E-state index contributed by atoms with van der Waals surface area (Å²) in [5.41, 5.74) is 1.40. The third-order valence-corrected chi connectivity index (χ3v) is 2.51. The Balaban J connectivity index is 3.80. The molecule has 1 unspecified atom stereocenters. The van der Waals surface area contributed by atoms with Crippen LogP contribution in [-0.4, -0.2) is 19.5 Å². The normalized spacial score (nSPS) is 12.9. The summed E-state index contributed by atoms with van der Waals surface area (Å²) < 4.78 is 11.1. The van der Waals surface area contributed by atoms with Crippen molar-refractivity contribution in [3.63, 3.8) is 0 Å². The molecule has 0 fully saturated rings. The van der Waals surface area contributed by atoms with Gasteiger partial charge in [0.15, 0.2) is 6.29 Å². The number of rotatable bonds is 9. The Labute approximate surface area is 101 Å². The molecule has 2 heteroatoms. The van der Waals surface area contributed by atoms with Gasteiger partial charge in [0.1, 0.15) is 0 Å². The van der Waals surface area contributed by atoms with Gasteiger partial charge in [0.05, 0.1) is 0 Å². The maximum absolute atomic E-state index is 5.54. The molecule has 0 bridgehead atoms. The summed E-state index contributed by atoms with van der Waals surface area (Å²) in [6.45, 7) is 12.0. The minimum Gasteiger partial charge on any atom is -0.353 e. The maximum atomic E-state index is 5.54. The Morgan fingerprint density at radius 2 is 1.69 bits per heavy atom. The first kappa shape index (κ1) is 15.7. The van der Waals surface area contributed by atoms with Gasteiger partial charge >= 0.3 is 0 Å². The minimum atomic E-state index is -0.0169. The van der Waals surface area contributed by atoms with Crippen LogP contribution in [0.25, 0.3) is 0 Å². The number of hydrogen-bond acceptors (Lipinski definition) is 2. The van der Waals surface area contributed by atoms with E-state index in [1.165, 1.54) is 12.0 Å². The molecule has 96 valence electrons. The van der Waals surface area contributed by atoms with Gasteiger partial charge in [0.2, 0.25) is 0 Å². The summed E-state index contributed by atoms with van der Waals surface area (Å²) in [6, 6.07) is 0. The van der Waals surface area contributed by atoms with Gasteiger partial charge < -0.3 is 9.47 Å². The van der Waals surface area contributed by atoms with Crippen molar-refractivity contribution in [2.75, 3.05) is 13.2 Å². The van der Waals surface area contributed by atoms with Crippen molar-refractivity contribution in [2.45, 2.75) is 60.2 Å². The summed E-state index contributed by atoms with van der Waals surface area (Å²) in [5, 5.41) is 0. The molecule has 0 radical (unpaired) electrons. The predicted octanol–water partition coefficient (Wildman–Crippen LogP) is 4.16. The van der Waals surface area contributed by atoms with Gasteiger partial charge in [0, 0.05) is 19.6 Å². The van der Waals surface area contributed by atoms with Crippen LogP contribution in [0.3, 0.4) is 0 Å². The second kappa shape index (κ2) is 9.86. The number of allylic oxidation sites excluding steroid dienone is 2. The Bertz CT molecular complexity index is 177. The van der Waals surface area contributed by atoms with E-state index in [0.29, 0.717) is 5.92 Å². The van der Waals surface area contributed by atoms with Gasteiger partial charge in [0.25, 0.3) is 0 Å². The Morgan fingerprint density at radius 1 is 1.12 bits per heavy atom. The van der Waals surface area contributed by atoms with Crippen LogP contribution in [-0.2, 0) is 9.47 Å². The maximum Gasteiger partial charge on any atom is 0.157 e. The second-order valence-electron chi connectivity index (χ2n) is 4.54. The molecule has 1 atom stereocenters. The Kier molecular flexibility index (Phi) is 9.65. The highest BCUT2D eigenvalue weighted by Crippen LogP contribution is 2.16. The summed E-state index contributed by atoms with van der Waals surface area (Å²) in [4.78, 5) is 0. The molecule has 0 N–H and O–H groups in total. The summed E-state index contributed by atoms with van der Waals surface area (Å²) in [7, 11) is 0. The average Bonchev–Trinajstić information content (AvgIpc) is 2.17. The van der Waals surface area contributed by atoms with Crippen molar-refractivity contribution in [1.29, 1.82) is 0 Å². The fraction of sp³-hybridized carbons (Fsp3) is 0.857. The van der Waals surface area contributed by atoms with E-state index in [1.807, 2.05) is 13.8 Å². The second-order valence-corrected chi connectivity index (χ2v) is 4.54. The highest BCUT2D eigenvalue weighted by molar-refractivity contribution is 4.92. The smallest absolute Gasteiger partial charge is 0.157 e. The molecule has 0 aliphatic rings. The predicted molar refractivity (Wildman–Crippen MR) is 69.5 cm³/mol. The first-order valence-electron chi connectivity index (χ1n) is 6.46. The molecule has 0 heterocycles. The van der Waals surface area contributed by atoms with Crippen molar-refractivity contribution in [2.24, 2.45) is 5.92 Å². The van der Waals surface area contributed by atoms with Crippen LogP contribution in [0, 0.1) is 5.92 Å². The molecule has 0 aliphatic carbocycles. The van der Waals surface area contributed by atoms with Gasteiger partial charge in [-0.1, -0.05) is 18.6 Å². The molecular formula is C14H28O2. The highest BCUT2D eigenvalue weighted by Gasteiger charge is 2.12. The lowest BCUT2D eigenvalue weighted by Crippen LogP contribution is -2.20. The van der Waals surface area contributed by atoms with E-state index in [0.717, 1.165) is 26.1 Å². The number of hydrogen-bond donors (Lipinski definition) is 0. The fourth-order valence-corrected chi connectivity index (χ4v) is 1.66. The van der Waals surface area contributed by atoms with E-state index in [9.17, 15) is 0 Å². The van der Waals surface area contributed by atoms with Crippen molar-refractivity contribution in [1.82, 2.24) is 0 Å². The van der Waals surface area contributed by atoms with Crippen LogP contribution in [0.1, 0.15) is 53.9 Å². The minimum absolute atomic E-state index is 0.0169. The largest absolute Gasteiger partial charge is 0.353 e. The third-order valence-electron chi connectivity index (χ3n) is 2.51. The molecule has 0 aromatic rings. The van der Waals surface area contributed by atoms with Crippen LogP contribution in [0.4, 0.5) is 0 Å². The summed E-state index contributed by atoms with van der Waals surface area (Å²) in [6.07, 6.45) is 5.65. The van der Waals surface area contributed by atoms with Crippen molar-refractivity contribution in [3.8, 4) is 0 Å². The first-order valence-corrected chi connectivity index (χ1v) is 6.46. The Morgan fingerprint density at radius 3 is 2.12 bits per heavy atom. The third kappa shape index (κ3) is 8.93. The first-order chi connectivity index (χ1) is 7.60. The SMILES string of the molecule is CCOC(CC(C)CCC=C(C)C)OCC. The quantitative estimate of drug-likeness (QED) is 0.436. The standard InChI is InChI=1S/C14H28O2/c1-6-15-14(16-7-2)11-13(5)10-8-9-12(3)4/h9,13-14H,6-8,10-11H2,1-5H3. The van der Waals surface area contributed by atoms with Crippen LogP contribution in [0.15, 0.2) is 11.6 Å². The number of ether oxygens (including phenoxy) is 2. The molecule has 0 amide bonds. The highest BCUT2D eigenvalue weighted by atomic mass is 16.7. The molecule has 0 saturated heterocycles. The molecule has 0 aromatic heterocycles. The zero-order valence-corrected chi connectivity index (χ0v) is 11.6. The van der Waals surface area contributed by atoms with Gasteiger partial charge in [-0.3, -0.25) is 0 Å². The molecule has 0 rings (SSSR count).